The number of carbonyl (C=O) groups is 1. The summed E-state index contributed by atoms with van der Waals surface area (Å²) in [5.41, 5.74) is 0.508. The number of likely N-dealkylation sites (tertiary alicyclic amines) is 1. The summed E-state index contributed by atoms with van der Waals surface area (Å²) in [4.78, 5) is 18.2. The smallest absolute Gasteiger partial charge is 0.255 e. The van der Waals surface area contributed by atoms with Gasteiger partial charge in [-0.3, -0.25) is 4.79 Å². The zero-order valence-electron chi connectivity index (χ0n) is 10.9. The third-order valence-corrected chi connectivity index (χ3v) is 3.72. The van der Waals surface area contributed by atoms with Crippen molar-refractivity contribution in [2.45, 2.75) is 12.8 Å². The second-order valence-electron chi connectivity index (χ2n) is 4.72. The minimum absolute atomic E-state index is 0.0440. The number of anilines is 1. The molecule has 1 aliphatic heterocycles. The van der Waals surface area contributed by atoms with Crippen LogP contribution in [0, 0.1) is 5.92 Å². The first-order valence-corrected chi connectivity index (χ1v) is 6.77. The molecule has 1 aliphatic rings. The molecule has 1 fully saturated rings. The number of carbonyl (C=O) groups excluding carboxylic acids is 1. The van der Waals surface area contributed by atoms with Gasteiger partial charge in [0.2, 0.25) is 0 Å². The molecule has 2 heterocycles. The number of nitrogens with zero attached hydrogens (tertiary/aromatic N) is 2. The number of hydrogen-bond donors (Lipinski definition) is 2. The first-order valence-electron chi connectivity index (χ1n) is 6.39. The molecule has 1 aromatic heterocycles. The maximum absolute atomic E-state index is 12.3. The highest BCUT2D eigenvalue weighted by atomic mass is 35.5. The lowest BCUT2D eigenvalue weighted by Gasteiger charge is -2.16. The van der Waals surface area contributed by atoms with Crippen LogP contribution in [0.2, 0.25) is 5.02 Å². The molecule has 6 heteroatoms. The van der Waals surface area contributed by atoms with Gasteiger partial charge in [-0.1, -0.05) is 11.6 Å². The number of hydrogen-bond acceptors (Lipinski definition) is 4. The van der Waals surface area contributed by atoms with Crippen LogP contribution in [0.15, 0.2) is 12.3 Å². The molecule has 0 bridgehead atoms. The van der Waals surface area contributed by atoms with Crippen molar-refractivity contribution >= 4 is 23.3 Å². The fourth-order valence-electron chi connectivity index (χ4n) is 2.36. The molecule has 0 aromatic carbocycles. The van der Waals surface area contributed by atoms with Crippen molar-refractivity contribution in [1.82, 2.24) is 9.88 Å². The highest BCUT2D eigenvalue weighted by Crippen LogP contribution is 2.24. The second kappa shape index (κ2) is 6.21. The molecule has 104 valence electrons. The highest BCUT2D eigenvalue weighted by Gasteiger charge is 2.26. The molecule has 1 atom stereocenters. The number of rotatable bonds is 4. The molecule has 0 aliphatic carbocycles. The standard InChI is InChI=1S/C13H18ClN3O2/c1-15-12-11(14)6-10(7-16-12)13(19)17-4-2-9(8-17)3-5-18/h6-7,9,18H,2-5,8H2,1H3,(H,15,16). The maximum Gasteiger partial charge on any atom is 0.255 e. The zero-order valence-corrected chi connectivity index (χ0v) is 11.7. The molecule has 1 aromatic rings. The molecule has 1 saturated heterocycles. The fourth-order valence-corrected chi connectivity index (χ4v) is 2.62. The number of aromatic nitrogens is 1. The van der Waals surface area contributed by atoms with Crippen LogP contribution in [0.3, 0.4) is 0 Å². The summed E-state index contributed by atoms with van der Waals surface area (Å²) in [6.07, 6.45) is 3.24. The Morgan fingerprint density at radius 1 is 1.68 bits per heavy atom. The lowest BCUT2D eigenvalue weighted by atomic mass is 10.1. The Morgan fingerprint density at radius 2 is 2.47 bits per heavy atom. The summed E-state index contributed by atoms with van der Waals surface area (Å²) < 4.78 is 0. The number of halogens is 1. The average molecular weight is 284 g/mol. The van der Waals surface area contributed by atoms with E-state index in [9.17, 15) is 4.79 Å². The number of pyridine rings is 1. The van der Waals surface area contributed by atoms with Crippen LogP contribution < -0.4 is 5.32 Å². The predicted octanol–water partition coefficient (Wildman–Crippen LogP) is 1.62. The van der Waals surface area contributed by atoms with E-state index in [2.05, 4.69) is 10.3 Å². The second-order valence-corrected chi connectivity index (χ2v) is 5.13. The van der Waals surface area contributed by atoms with Crippen LogP contribution in [0.1, 0.15) is 23.2 Å². The van der Waals surface area contributed by atoms with Crippen molar-refractivity contribution in [3.8, 4) is 0 Å². The summed E-state index contributed by atoms with van der Waals surface area (Å²) >= 11 is 6.03. The number of amides is 1. The molecule has 1 unspecified atom stereocenters. The van der Waals surface area contributed by atoms with Gasteiger partial charge >= 0.3 is 0 Å². The Balaban J connectivity index is 2.06. The Hall–Kier alpha value is -1.33. The first-order chi connectivity index (χ1) is 9.15. The van der Waals surface area contributed by atoms with E-state index in [1.54, 1.807) is 24.2 Å². The molecule has 2 N–H and O–H groups in total. The van der Waals surface area contributed by atoms with E-state index in [4.69, 9.17) is 16.7 Å². The van der Waals surface area contributed by atoms with Gasteiger partial charge in [-0.05, 0) is 24.8 Å². The molecular weight excluding hydrogens is 266 g/mol. The largest absolute Gasteiger partial charge is 0.396 e. The van der Waals surface area contributed by atoms with E-state index in [-0.39, 0.29) is 12.5 Å². The van der Waals surface area contributed by atoms with Gasteiger partial charge in [0.25, 0.3) is 5.91 Å². The third-order valence-electron chi connectivity index (χ3n) is 3.44. The number of aliphatic hydroxyl groups excluding tert-OH is 1. The van der Waals surface area contributed by atoms with Gasteiger partial charge in [-0.15, -0.1) is 0 Å². The molecule has 0 spiro atoms. The Morgan fingerprint density at radius 3 is 3.11 bits per heavy atom. The van der Waals surface area contributed by atoms with Crippen LogP contribution in [0.25, 0.3) is 0 Å². The third kappa shape index (κ3) is 3.16. The summed E-state index contributed by atoms with van der Waals surface area (Å²) in [5, 5.41) is 12.2. The molecular formula is C13H18ClN3O2. The Bertz CT molecular complexity index is 467. The van der Waals surface area contributed by atoms with Gasteiger partial charge in [-0.25, -0.2) is 4.98 Å². The lowest BCUT2D eigenvalue weighted by molar-refractivity contribution is 0.0784. The Labute approximate surface area is 117 Å². The van der Waals surface area contributed by atoms with Gasteiger partial charge < -0.3 is 15.3 Å². The SMILES string of the molecule is CNc1ncc(C(=O)N2CCC(CCO)C2)cc1Cl. The molecule has 2 rings (SSSR count). The summed E-state index contributed by atoms with van der Waals surface area (Å²) in [6, 6.07) is 1.64. The topological polar surface area (TPSA) is 65.5 Å². The number of aliphatic hydroxyl groups is 1. The van der Waals surface area contributed by atoms with Crippen LogP contribution >= 0.6 is 11.6 Å². The average Bonchev–Trinajstić information content (AvgIpc) is 2.87. The normalized spacial score (nSPS) is 18.7. The molecule has 19 heavy (non-hydrogen) atoms. The van der Waals surface area contributed by atoms with E-state index < -0.39 is 0 Å². The van der Waals surface area contributed by atoms with E-state index >= 15 is 0 Å². The van der Waals surface area contributed by atoms with Crippen LogP contribution in [0.4, 0.5) is 5.82 Å². The van der Waals surface area contributed by atoms with Crippen LogP contribution in [0.5, 0.6) is 0 Å². The maximum atomic E-state index is 12.3. The van der Waals surface area contributed by atoms with Gasteiger partial charge in [0, 0.05) is 32.9 Å². The van der Waals surface area contributed by atoms with Crippen molar-refractivity contribution in [2.75, 3.05) is 32.1 Å². The van der Waals surface area contributed by atoms with Crippen LogP contribution in [-0.2, 0) is 0 Å². The first kappa shape index (κ1) is 14.1. The zero-order chi connectivity index (χ0) is 13.8. The van der Waals surface area contributed by atoms with Crippen molar-refractivity contribution < 1.29 is 9.90 Å². The Kier molecular flexibility index (Phi) is 4.61. The van der Waals surface area contributed by atoms with Crippen molar-refractivity contribution in [3.05, 3.63) is 22.8 Å². The molecule has 1 amide bonds. The van der Waals surface area contributed by atoms with Gasteiger partial charge in [-0.2, -0.15) is 0 Å². The van der Waals surface area contributed by atoms with Gasteiger partial charge in [0.15, 0.2) is 0 Å². The van der Waals surface area contributed by atoms with E-state index in [0.717, 1.165) is 19.4 Å². The number of nitrogens with one attached hydrogen (secondary N) is 1. The van der Waals surface area contributed by atoms with Crippen molar-refractivity contribution in [2.24, 2.45) is 5.92 Å². The fraction of sp³-hybridized carbons (Fsp3) is 0.538. The van der Waals surface area contributed by atoms with Gasteiger partial charge in [0.1, 0.15) is 5.82 Å². The highest BCUT2D eigenvalue weighted by molar-refractivity contribution is 6.33. The van der Waals surface area contributed by atoms with E-state index in [0.29, 0.717) is 28.9 Å². The molecule has 5 nitrogen and oxygen atoms in total. The summed E-state index contributed by atoms with van der Waals surface area (Å²) in [7, 11) is 1.73. The minimum Gasteiger partial charge on any atom is -0.396 e. The van der Waals surface area contributed by atoms with Crippen molar-refractivity contribution in [3.63, 3.8) is 0 Å². The van der Waals surface area contributed by atoms with E-state index in [1.807, 2.05) is 0 Å². The van der Waals surface area contributed by atoms with Gasteiger partial charge in [0.05, 0.1) is 10.6 Å². The minimum atomic E-state index is -0.0440. The van der Waals surface area contributed by atoms with E-state index in [1.165, 1.54) is 0 Å². The molecule has 0 saturated carbocycles. The van der Waals surface area contributed by atoms with Crippen molar-refractivity contribution in [1.29, 1.82) is 0 Å². The van der Waals surface area contributed by atoms with Crippen LogP contribution in [-0.4, -0.2) is 47.6 Å². The monoisotopic (exact) mass is 283 g/mol. The predicted molar refractivity (Wildman–Crippen MR) is 74.5 cm³/mol. The summed E-state index contributed by atoms with van der Waals surface area (Å²) in [6.45, 7) is 1.61. The summed E-state index contributed by atoms with van der Waals surface area (Å²) in [5.74, 6) is 0.921. The quantitative estimate of drug-likeness (QED) is 0.881. The lowest BCUT2D eigenvalue weighted by Crippen LogP contribution is -2.29. The molecule has 0 radical (unpaired) electrons.